The summed E-state index contributed by atoms with van der Waals surface area (Å²) in [4.78, 5) is 0. The van der Waals surface area contributed by atoms with E-state index in [0.717, 1.165) is 0 Å². The molecule has 0 aromatic carbocycles. The fourth-order valence-electron chi connectivity index (χ4n) is 0.936. The van der Waals surface area contributed by atoms with E-state index in [-0.39, 0.29) is 0 Å². The molecule has 2 heteroatoms. The Morgan fingerprint density at radius 2 is 2.27 bits per heavy atom. The lowest BCUT2D eigenvalue weighted by atomic mass is 10.1. The van der Waals surface area contributed by atoms with E-state index in [1.54, 1.807) is 11.3 Å². The lowest BCUT2D eigenvalue weighted by Crippen LogP contribution is -1.85. The fourth-order valence-corrected chi connectivity index (χ4v) is 2.03. The number of hydrogen-bond acceptors (Lipinski definition) is 1. The average molecular weight is 187 g/mol. The summed E-state index contributed by atoms with van der Waals surface area (Å²) in [6.45, 7) is 4.19. The fraction of sp³-hybridized carbons (Fsp3) is 0.333. The lowest BCUT2D eigenvalue weighted by molar-refractivity contribution is 1.37. The Balaban J connectivity index is 2.99. The van der Waals surface area contributed by atoms with Gasteiger partial charge < -0.3 is 0 Å². The third-order valence-electron chi connectivity index (χ3n) is 1.61. The van der Waals surface area contributed by atoms with Gasteiger partial charge in [-0.3, -0.25) is 0 Å². The molecule has 60 valence electrons. The van der Waals surface area contributed by atoms with Gasteiger partial charge in [0.2, 0.25) is 0 Å². The minimum Gasteiger partial charge on any atom is -0.152 e. The SMILES string of the molecule is CC(C)=C(CCl)c1ccsc1. The van der Waals surface area contributed by atoms with Gasteiger partial charge in [0.25, 0.3) is 0 Å². The van der Waals surface area contributed by atoms with E-state index in [1.807, 2.05) is 0 Å². The molecule has 0 saturated heterocycles. The third kappa shape index (κ3) is 2.08. The van der Waals surface area contributed by atoms with Gasteiger partial charge in [0.15, 0.2) is 0 Å². The molecule has 0 nitrogen and oxygen atoms in total. The van der Waals surface area contributed by atoms with Crippen molar-refractivity contribution in [1.29, 1.82) is 0 Å². The van der Waals surface area contributed by atoms with Gasteiger partial charge >= 0.3 is 0 Å². The number of alkyl halides is 1. The molecule has 0 radical (unpaired) electrons. The van der Waals surface area contributed by atoms with Crippen LogP contribution in [0.1, 0.15) is 19.4 Å². The molecular weight excluding hydrogens is 176 g/mol. The van der Waals surface area contributed by atoms with Crippen molar-refractivity contribution in [2.24, 2.45) is 0 Å². The first-order valence-electron chi connectivity index (χ1n) is 3.50. The summed E-state index contributed by atoms with van der Waals surface area (Å²) in [5.74, 6) is 0.610. The first-order valence-corrected chi connectivity index (χ1v) is 4.98. The van der Waals surface area contributed by atoms with Crippen LogP contribution in [0.15, 0.2) is 22.4 Å². The largest absolute Gasteiger partial charge is 0.152 e. The summed E-state index contributed by atoms with van der Waals surface area (Å²) in [6, 6.07) is 2.11. The Labute approximate surface area is 76.5 Å². The van der Waals surface area contributed by atoms with Crippen molar-refractivity contribution in [3.63, 3.8) is 0 Å². The molecule has 0 fully saturated rings. The van der Waals surface area contributed by atoms with Crippen molar-refractivity contribution < 1.29 is 0 Å². The van der Waals surface area contributed by atoms with E-state index < -0.39 is 0 Å². The summed E-state index contributed by atoms with van der Waals surface area (Å²) in [5.41, 5.74) is 3.83. The number of hydrogen-bond donors (Lipinski definition) is 0. The van der Waals surface area contributed by atoms with Gasteiger partial charge in [-0.15, -0.1) is 11.6 Å². The molecule has 0 aliphatic carbocycles. The zero-order chi connectivity index (χ0) is 8.27. The van der Waals surface area contributed by atoms with Crippen LogP contribution >= 0.6 is 22.9 Å². The maximum atomic E-state index is 5.80. The smallest absolute Gasteiger partial charge is 0.0479 e. The molecule has 0 atom stereocenters. The molecule has 0 amide bonds. The first kappa shape index (κ1) is 8.82. The Morgan fingerprint density at radius 3 is 2.64 bits per heavy atom. The highest BCUT2D eigenvalue weighted by molar-refractivity contribution is 7.08. The summed E-state index contributed by atoms with van der Waals surface area (Å²) in [5, 5.41) is 4.20. The van der Waals surface area contributed by atoms with Crippen molar-refractivity contribution in [1.82, 2.24) is 0 Å². The highest BCUT2D eigenvalue weighted by atomic mass is 35.5. The molecule has 0 unspecified atom stereocenters. The number of rotatable bonds is 2. The van der Waals surface area contributed by atoms with Crippen LogP contribution < -0.4 is 0 Å². The topological polar surface area (TPSA) is 0 Å². The molecule has 1 aromatic heterocycles. The lowest BCUT2D eigenvalue weighted by Gasteiger charge is -2.02. The first-order chi connectivity index (χ1) is 5.25. The predicted octanol–water partition coefficient (Wildman–Crippen LogP) is 3.78. The van der Waals surface area contributed by atoms with E-state index in [9.17, 15) is 0 Å². The van der Waals surface area contributed by atoms with Gasteiger partial charge in [-0.2, -0.15) is 11.3 Å². The van der Waals surface area contributed by atoms with E-state index in [1.165, 1.54) is 16.7 Å². The Kier molecular flexibility index (Phi) is 3.16. The summed E-state index contributed by atoms with van der Waals surface area (Å²) in [6.07, 6.45) is 0. The van der Waals surface area contributed by atoms with Crippen molar-refractivity contribution in [2.45, 2.75) is 13.8 Å². The summed E-state index contributed by atoms with van der Waals surface area (Å²) >= 11 is 7.51. The highest BCUT2D eigenvalue weighted by Crippen LogP contribution is 2.21. The van der Waals surface area contributed by atoms with Crippen LogP contribution in [0.4, 0.5) is 0 Å². The van der Waals surface area contributed by atoms with Crippen molar-refractivity contribution >= 4 is 28.5 Å². The molecule has 0 aliphatic heterocycles. The van der Waals surface area contributed by atoms with Crippen LogP contribution in [0.25, 0.3) is 5.57 Å². The number of halogens is 1. The summed E-state index contributed by atoms with van der Waals surface area (Å²) in [7, 11) is 0. The molecule has 0 saturated carbocycles. The van der Waals surface area contributed by atoms with Crippen LogP contribution in [-0.4, -0.2) is 5.88 Å². The van der Waals surface area contributed by atoms with E-state index in [2.05, 4.69) is 30.7 Å². The normalized spacial score (nSPS) is 9.73. The number of thiophene rings is 1. The molecule has 0 aliphatic rings. The number of allylic oxidation sites excluding steroid dienone is 2. The highest BCUT2D eigenvalue weighted by Gasteiger charge is 2.01. The van der Waals surface area contributed by atoms with Crippen LogP contribution in [-0.2, 0) is 0 Å². The second-order valence-electron chi connectivity index (χ2n) is 2.62. The van der Waals surface area contributed by atoms with E-state index in [0.29, 0.717) is 5.88 Å². The van der Waals surface area contributed by atoms with Crippen LogP contribution in [0.2, 0.25) is 0 Å². The van der Waals surface area contributed by atoms with Gasteiger partial charge in [-0.25, -0.2) is 0 Å². The standard InChI is InChI=1S/C9H11ClS/c1-7(2)9(5-10)8-3-4-11-6-8/h3-4,6H,5H2,1-2H3. The maximum absolute atomic E-state index is 5.80. The predicted molar refractivity (Wildman–Crippen MR) is 53.3 cm³/mol. The monoisotopic (exact) mass is 186 g/mol. The second kappa shape index (κ2) is 3.93. The minimum atomic E-state index is 0.610. The molecule has 0 N–H and O–H groups in total. The van der Waals surface area contributed by atoms with Gasteiger partial charge in [0, 0.05) is 5.88 Å². The van der Waals surface area contributed by atoms with Crippen LogP contribution in [0, 0.1) is 0 Å². The Morgan fingerprint density at radius 1 is 1.55 bits per heavy atom. The van der Waals surface area contributed by atoms with Crippen LogP contribution in [0.5, 0.6) is 0 Å². The molecule has 1 heterocycles. The van der Waals surface area contributed by atoms with Gasteiger partial charge in [0.1, 0.15) is 0 Å². The van der Waals surface area contributed by atoms with Crippen molar-refractivity contribution in [2.75, 3.05) is 5.88 Å². The molecule has 0 bridgehead atoms. The molecule has 11 heavy (non-hydrogen) atoms. The summed E-state index contributed by atoms with van der Waals surface area (Å²) < 4.78 is 0. The minimum absolute atomic E-state index is 0.610. The average Bonchev–Trinajstić information content (AvgIpc) is 2.40. The maximum Gasteiger partial charge on any atom is 0.0479 e. The van der Waals surface area contributed by atoms with Gasteiger partial charge in [-0.05, 0) is 41.8 Å². The van der Waals surface area contributed by atoms with E-state index >= 15 is 0 Å². The Hall–Kier alpha value is -0.270. The third-order valence-corrected chi connectivity index (χ3v) is 2.56. The quantitative estimate of drug-likeness (QED) is 0.617. The van der Waals surface area contributed by atoms with Crippen molar-refractivity contribution in [3.8, 4) is 0 Å². The van der Waals surface area contributed by atoms with Gasteiger partial charge in [0.05, 0.1) is 0 Å². The molecule has 0 spiro atoms. The molecule has 1 aromatic rings. The second-order valence-corrected chi connectivity index (χ2v) is 3.67. The Bertz CT molecular complexity index is 243. The zero-order valence-corrected chi connectivity index (χ0v) is 8.30. The van der Waals surface area contributed by atoms with Gasteiger partial charge in [-0.1, -0.05) is 5.57 Å². The van der Waals surface area contributed by atoms with Crippen molar-refractivity contribution in [3.05, 3.63) is 28.0 Å². The molecular formula is C9H11ClS. The zero-order valence-electron chi connectivity index (χ0n) is 6.73. The van der Waals surface area contributed by atoms with Crippen LogP contribution in [0.3, 0.4) is 0 Å². The van der Waals surface area contributed by atoms with E-state index in [4.69, 9.17) is 11.6 Å². The molecule has 1 rings (SSSR count).